The molecule has 0 aliphatic carbocycles. The Morgan fingerprint density at radius 3 is 2.71 bits per heavy atom. The van der Waals surface area contributed by atoms with Crippen molar-refractivity contribution in [1.29, 1.82) is 0 Å². The summed E-state index contributed by atoms with van der Waals surface area (Å²) in [6, 6.07) is 11.1. The lowest BCUT2D eigenvalue weighted by molar-refractivity contribution is -0.126. The van der Waals surface area contributed by atoms with Gasteiger partial charge in [-0.05, 0) is 44.2 Å². The van der Waals surface area contributed by atoms with Gasteiger partial charge in [-0.1, -0.05) is 12.1 Å². The molecule has 2 heterocycles. The first-order chi connectivity index (χ1) is 14.9. The molecule has 1 aliphatic heterocycles. The number of rotatable bonds is 4. The molecular weight excluding hydrogens is 401 g/mol. The number of aromatic nitrogens is 2. The molecule has 1 unspecified atom stereocenters. The first-order valence-corrected chi connectivity index (χ1v) is 10.0. The summed E-state index contributed by atoms with van der Waals surface area (Å²) in [7, 11) is 0. The van der Waals surface area contributed by atoms with Crippen LogP contribution in [0.25, 0.3) is 11.0 Å². The first kappa shape index (κ1) is 20.5. The highest BCUT2D eigenvalue weighted by molar-refractivity contribution is 6.02. The van der Waals surface area contributed by atoms with Crippen molar-refractivity contribution in [2.75, 3.05) is 11.4 Å². The molecule has 160 valence electrons. The van der Waals surface area contributed by atoms with E-state index in [1.807, 2.05) is 24.5 Å². The van der Waals surface area contributed by atoms with Crippen LogP contribution < -0.4 is 15.8 Å². The van der Waals surface area contributed by atoms with Crippen molar-refractivity contribution in [3.8, 4) is 0 Å². The molecule has 1 aromatic heterocycles. The van der Waals surface area contributed by atoms with Gasteiger partial charge >= 0.3 is 0 Å². The lowest BCUT2D eigenvalue weighted by atomic mass is 10.1. The minimum atomic E-state index is -0.696. The fourth-order valence-electron chi connectivity index (χ4n) is 3.87. The average Bonchev–Trinajstić information content (AvgIpc) is 3.30. The maximum absolute atomic E-state index is 14.0. The van der Waals surface area contributed by atoms with E-state index in [4.69, 9.17) is 0 Å². The van der Waals surface area contributed by atoms with Crippen LogP contribution in [0.3, 0.4) is 0 Å². The minimum absolute atomic E-state index is 0.0428. The number of hydrazine groups is 1. The zero-order chi connectivity index (χ0) is 22.1. The van der Waals surface area contributed by atoms with Crippen LogP contribution in [0.1, 0.15) is 29.5 Å². The van der Waals surface area contributed by atoms with Crippen LogP contribution in [0.5, 0.6) is 0 Å². The van der Waals surface area contributed by atoms with Crippen LogP contribution >= 0.6 is 0 Å². The highest BCUT2D eigenvalue weighted by Gasteiger charge is 2.36. The predicted octanol–water partition coefficient (Wildman–Crippen LogP) is 2.32. The third-order valence-corrected chi connectivity index (χ3v) is 5.46. The monoisotopic (exact) mass is 423 g/mol. The van der Waals surface area contributed by atoms with E-state index in [9.17, 15) is 18.8 Å². The number of halogens is 1. The lowest BCUT2D eigenvalue weighted by Crippen LogP contribution is -2.45. The highest BCUT2D eigenvalue weighted by atomic mass is 19.1. The Balaban J connectivity index is 1.40. The summed E-state index contributed by atoms with van der Waals surface area (Å²) in [4.78, 5) is 42.9. The molecule has 3 aromatic rings. The first-order valence-electron chi connectivity index (χ1n) is 10.0. The van der Waals surface area contributed by atoms with E-state index in [-0.39, 0.29) is 24.6 Å². The Morgan fingerprint density at radius 2 is 1.97 bits per heavy atom. The summed E-state index contributed by atoms with van der Waals surface area (Å²) < 4.78 is 16.0. The van der Waals surface area contributed by atoms with E-state index in [1.54, 1.807) is 18.2 Å². The number of para-hydroxylation sites is 1. The largest absolute Gasteiger partial charge is 0.329 e. The zero-order valence-electron chi connectivity index (χ0n) is 17.2. The number of hydrogen-bond donors (Lipinski definition) is 2. The standard InChI is InChI=1S/C22H22FN5O3/c1-3-27-13(2)24-17-10-14(8-9-19(17)27)21(30)25-26-22(31)15-11-20(29)28(12-15)18-7-5-4-6-16(18)23/h4-10,15H,3,11-12H2,1-2H3,(H,25,30)(H,26,31). The number of amides is 3. The quantitative estimate of drug-likeness (QED) is 0.630. The number of imidazole rings is 1. The average molecular weight is 423 g/mol. The second-order valence-corrected chi connectivity index (χ2v) is 7.41. The van der Waals surface area contributed by atoms with E-state index in [1.165, 1.54) is 23.1 Å². The number of nitrogens with zero attached hydrogens (tertiary/aromatic N) is 3. The zero-order valence-corrected chi connectivity index (χ0v) is 17.2. The molecule has 0 saturated carbocycles. The lowest BCUT2D eigenvalue weighted by Gasteiger charge is -2.17. The van der Waals surface area contributed by atoms with Gasteiger partial charge in [-0.2, -0.15) is 0 Å². The topological polar surface area (TPSA) is 96.3 Å². The van der Waals surface area contributed by atoms with Crippen LogP contribution in [0.2, 0.25) is 0 Å². The summed E-state index contributed by atoms with van der Waals surface area (Å²) in [6.45, 7) is 4.73. The molecule has 0 radical (unpaired) electrons. The van der Waals surface area contributed by atoms with Crippen molar-refractivity contribution >= 4 is 34.4 Å². The Labute approximate surface area is 178 Å². The number of anilines is 1. The number of aryl methyl sites for hydroxylation is 2. The molecule has 1 atom stereocenters. The molecule has 0 bridgehead atoms. The van der Waals surface area contributed by atoms with Crippen LogP contribution in [-0.4, -0.2) is 33.8 Å². The SMILES string of the molecule is CCn1c(C)nc2cc(C(=O)NNC(=O)C3CC(=O)N(c4ccccc4F)C3)ccc21. The van der Waals surface area contributed by atoms with E-state index < -0.39 is 23.5 Å². The van der Waals surface area contributed by atoms with Crippen molar-refractivity contribution in [2.45, 2.75) is 26.8 Å². The molecular formula is C22H22FN5O3. The fourth-order valence-corrected chi connectivity index (χ4v) is 3.87. The molecule has 9 heteroatoms. The van der Waals surface area contributed by atoms with Crippen LogP contribution in [-0.2, 0) is 16.1 Å². The Bertz CT molecular complexity index is 1190. The van der Waals surface area contributed by atoms with Crippen molar-refractivity contribution in [1.82, 2.24) is 20.4 Å². The molecule has 8 nitrogen and oxygen atoms in total. The smallest absolute Gasteiger partial charge is 0.269 e. The van der Waals surface area contributed by atoms with Gasteiger partial charge in [0.1, 0.15) is 11.6 Å². The molecule has 3 amide bonds. The number of carbonyl (C=O) groups is 3. The Kier molecular flexibility index (Phi) is 5.41. The third kappa shape index (κ3) is 3.86. The minimum Gasteiger partial charge on any atom is -0.329 e. The molecule has 31 heavy (non-hydrogen) atoms. The van der Waals surface area contributed by atoms with E-state index >= 15 is 0 Å². The molecule has 2 N–H and O–H groups in total. The van der Waals surface area contributed by atoms with Gasteiger partial charge in [-0.25, -0.2) is 9.37 Å². The van der Waals surface area contributed by atoms with E-state index in [0.717, 1.165) is 17.9 Å². The van der Waals surface area contributed by atoms with Crippen molar-refractivity contribution in [2.24, 2.45) is 5.92 Å². The maximum Gasteiger partial charge on any atom is 0.269 e. The summed E-state index contributed by atoms with van der Waals surface area (Å²) in [5, 5.41) is 0. The summed E-state index contributed by atoms with van der Waals surface area (Å²) in [5.74, 6) is -1.71. The molecule has 1 aliphatic rings. The Hall–Kier alpha value is -3.75. The van der Waals surface area contributed by atoms with Crippen molar-refractivity contribution in [3.05, 3.63) is 59.7 Å². The predicted molar refractivity (Wildman–Crippen MR) is 113 cm³/mol. The number of hydrogen-bond acceptors (Lipinski definition) is 4. The summed E-state index contributed by atoms with van der Waals surface area (Å²) in [6.07, 6.45) is -0.0598. The summed E-state index contributed by atoms with van der Waals surface area (Å²) >= 11 is 0. The van der Waals surface area contributed by atoms with Gasteiger partial charge in [0, 0.05) is 25.1 Å². The van der Waals surface area contributed by atoms with Gasteiger partial charge in [0.05, 0.1) is 22.6 Å². The second-order valence-electron chi connectivity index (χ2n) is 7.41. The molecule has 1 saturated heterocycles. The van der Waals surface area contributed by atoms with Crippen LogP contribution in [0.15, 0.2) is 42.5 Å². The van der Waals surface area contributed by atoms with E-state index in [2.05, 4.69) is 15.8 Å². The fraction of sp³-hybridized carbons (Fsp3) is 0.273. The molecule has 0 spiro atoms. The summed E-state index contributed by atoms with van der Waals surface area (Å²) in [5.41, 5.74) is 6.86. The number of benzene rings is 2. The third-order valence-electron chi connectivity index (χ3n) is 5.46. The number of fused-ring (bicyclic) bond motifs is 1. The maximum atomic E-state index is 14.0. The Morgan fingerprint density at radius 1 is 1.19 bits per heavy atom. The van der Waals surface area contributed by atoms with E-state index in [0.29, 0.717) is 11.1 Å². The second kappa shape index (κ2) is 8.17. The van der Waals surface area contributed by atoms with Gasteiger partial charge in [-0.3, -0.25) is 25.2 Å². The van der Waals surface area contributed by atoms with Gasteiger partial charge in [0.2, 0.25) is 11.8 Å². The number of nitrogens with one attached hydrogen (secondary N) is 2. The normalized spacial score (nSPS) is 16.0. The van der Waals surface area contributed by atoms with Gasteiger partial charge in [0.15, 0.2) is 0 Å². The molecule has 1 fully saturated rings. The number of carbonyl (C=O) groups excluding carboxylic acids is 3. The van der Waals surface area contributed by atoms with Crippen LogP contribution in [0, 0.1) is 18.7 Å². The van der Waals surface area contributed by atoms with Gasteiger partial charge < -0.3 is 9.47 Å². The highest BCUT2D eigenvalue weighted by Crippen LogP contribution is 2.27. The van der Waals surface area contributed by atoms with Gasteiger partial charge in [0.25, 0.3) is 5.91 Å². The molecule has 2 aromatic carbocycles. The van der Waals surface area contributed by atoms with Crippen molar-refractivity contribution < 1.29 is 18.8 Å². The van der Waals surface area contributed by atoms with Crippen molar-refractivity contribution in [3.63, 3.8) is 0 Å². The van der Waals surface area contributed by atoms with Crippen LogP contribution in [0.4, 0.5) is 10.1 Å². The van der Waals surface area contributed by atoms with Gasteiger partial charge in [-0.15, -0.1) is 0 Å². The molecule has 4 rings (SSSR count).